The predicted molar refractivity (Wildman–Crippen MR) is 62.4 cm³/mol. The van der Waals surface area contributed by atoms with Gasteiger partial charge >= 0.3 is 11.9 Å². The smallest absolute Gasteiger partial charge is 0.341 e. The fraction of sp³-hybridized carbons (Fsp3) is 0.231. The van der Waals surface area contributed by atoms with Gasteiger partial charge in [-0.1, -0.05) is 12.1 Å². The van der Waals surface area contributed by atoms with Gasteiger partial charge in [0.05, 0.1) is 5.57 Å². The average molecular weight is 248 g/mol. The molecule has 0 amide bonds. The monoisotopic (exact) mass is 248 g/mol. The third-order valence-electron chi connectivity index (χ3n) is 2.59. The van der Waals surface area contributed by atoms with Gasteiger partial charge < -0.3 is 14.6 Å². The molecule has 1 N–H and O–H groups in total. The van der Waals surface area contributed by atoms with Crippen LogP contribution in [0, 0.1) is 0 Å². The van der Waals surface area contributed by atoms with Crippen molar-refractivity contribution in [3.8, 4) is 5.75 Å². The Labute approximate surface area is 104 Å². The Morgan fingerprint density at radius 1 is 1.33 bits per heavy atom. The molecule has 2 rings (SSSR count). The van der Waals surface area contributed by atoms with Crippen LogP contribution in [0.5, 0.6) is 5.75 Å². The van der Waals surface area contributed by atoms with E-state index < -0.39 is 18.2 Å². The number of carbonyl (C=O) groups excluding carboxylic acids is 2. The Morgan fingerprint density at radius 3 is 2.39 bits per heavy atom. The minimum Gasteiger partial charge on any atom is -0.428 e. The van der Waals surface area contributed by atoms with E-state index in [0.29, 0.717) is 22.5 Å². The molecule has 0 saturated heterocycles. The summed E-state index contributed by atoms with van der Waals surface area (Å²) in [4.78, 5) is 22.3. The first-order valence-corrected chi connectivity index (χ1v) is 5.37. The average Bonchev–Trinajstić information content (AvgIpc) is 2.54. The Morgan fingerprint density at radius 2 is 1.94 bits per heavy atom. The van der Waals surface area contributed by atoms with Crippen molar-refractivity contribution in [2.75, 3.05) is 0 Å². The number of rotatable bonds is 2. The van der Waals surface area contributed by atoms with Gasteiger partial charge in [-0.05, 0) is 24.6 Å². The van der Waals surface area contributed by atoms with E-state index in [1.807, 2.05) is 0 Å². The molecule has 1 heterocycles. The van der Waals surface area contributed by atoms with Crippen LogP contribution in [-0.2, 0) is 14.3 Å². The second-order valence-electron chi connectivity index (χ2n) is 3.93. The lowest BCUT2D eigenvalue weighted by molar-refractivity contribution is -0.150. The van der Waals surface area contributed by atoms with Gasteiger partial charge in [0, 0.05) is 12.5 Å². The first kappa shape index (κ1) is 12.3. The molecule has 0 spiro atoms. The van der Waals surface area contributed by atoms with E-state index in [0.717, 1.165) is 0 Å². The molecular weight excluding hydrogens is 236 g/mol. The zero-order chi connectivity index (χ0) is 13.3. The summed E-state index contributed by atoms with van der Waals surface area (Å²) in [6, 6.07) is 6.43. The lowest BCUT2D eigenvalue weighted by Gasteiger charge is -2.03. The summed E-state index contributed by atoms with van der Waals surface area (Å²) >= 11 is 0. The lowest BCUT2D eigenvalue weighted by Crippen LogP contribution is -2.08. The van der Waals surface area contributed by atoms with E-state index in [4.69, 9.17) is 9.47 Å². The van der Waals surface area contributed by atoms with E-state index in [-0.39, 0.29) is 0 Å². The minimum atomic E-state index is -1.18. The highest BCUT2D eigenvalue weighted by Gasteiger charge is 2.30. The van der Waals surface area contributed by atoms with E-state index >= 15 is 0 Å². The molecule has 1 unspecified atom stereocenters. The first-order chi connectivity index (χ1) is 8.49. The molecular formula is C13H12O5. The highest BCUT2D eigenvalue weighted by atomic mass is 16.6. The van der Waals surface area contributed by atoms with Crippen LogP contribution >= 0.6 is 0 Å². The molecule has 0 fully saturated rings. The third kappa shape index (κ3) is 2.26. The van der Waals surface area contributed by atoms with Crippen LogP contribution in [0.25, 0.3) is 5.57 Å². The number of hydrogen-bond donors (Lipinski definition) is 1. The van der Waals surface area contributed by atoms with Crippen LogP contribution in [0.2, 0.25) is 0 Å². The standard InChI is InChI=1S/C13H12O5/c1-7-11(13(16)18-12(7)15)9-3-5-10(6-4-9)17-8(2)14/h3-6,12,15H,1-2H3. The van der Waals surface area contributed by atoms with Gasteiger partial charge in [0.2, 0.25) is 6.29 Å². The van der Waals surface area contributed by atoms with Crippen molar-refractivity contribution in [1.82, 2.24) is 0 Å². The van der Waals surface area contributed by atoms with Crippen molar-refractivity contribution in [2.45, 2.75) is 20.1 Å². The van der Waals surface area contributed by atoms with Crippen molar-refractivity contribution in [3.05, 3.63) is 35.4 Å². The van der Waals surface area contributed by atoms with Gasteiger partial charge in [-0.15, -0.1) is 0 Å². The second-order valence-corrected chi connectivity index (χ2v) is 3.93. The predicted octanol–water partition coefficient (Wildman–Crippen LogP) is 1.26. The number of ether oxygens (including phenoxy) is 2. The number of cyclic esters (lactones) is 1. The van der Waals surface area contributed by atoms with Crippen LogP contribution < -0.4 is 4.74 Å². The fourth-order valence-corrected chi connectivity index (χ4v) is 1.73. The third-order valence-corrected chi connectivity index (χ3v) is 2.59. The maximum Gasteiger partial charge on any atom is 0.341 e. The maximum absolute atomic E-state index is 11.5. The molecule has 0 radical (unpaired) electrons. The normalized spacial score (nSPS) is 18.8. The summed E-state index contributed by atoms with van der Waals surface area (Å²) in [6.07, 6.45) is -1.18. The number of hydrogen-bond acceptors (Lipinski definition) is 5. The topological polar surface area (TPSA) is 72.8 Å². The number of benzene rings is 1. The van der Waals surface area contributed by atoms with Gasteiger partial charge in [-0.3, -0.25) is 4.79 Å². The number of aliphatic hydroxyl groups excluding tert-OH is 1. The molecule has 1 aliphatic heterocycles. The van der Waals surface area contributed by atoms with Crippen molar-refractivity contribution in [3.63, 3.8) is 0 Å². The summed E-state index contributed by atoms with van der Waals surface area (Å²) in [6.45, 7) is 2.94. The van der Waals surface area contributed by atoms with E-state index in [1.54, 1.807) is 31.2 Å². The van der Waals surface area contributed by atoms with Gasteiger partial charge in [0.1, 0.15) is 5.75 Å². The molecule has 1 aliphatic rings. The van der Waals surface area contributed by atoms with Crippen LogP contribution in [0.4, 0.5) is 0 Å². The molecule has 5 nitrogen and oxygen atoms in total. The molecule has 0 bridgehead atoms. The SMILES string of the molecule is CC(=O)Oc1ccc(C2=C(C)C(O)OC2=O)cc1. The summed E-state index contributed by atoms with van der Waals surface area (Å²) in [5.74, 6) is -0.564. The molecule has 94 valence electrons. The minimum absolute atomic E-state index is 0.344. The second kappa shape index (κ2) is 4.62. The molecule has 18 heavy (non-hydrogen) atoms. The highest BCUT2D eigenvalue weighted by molar-refractivity contribution is 6.19. The Bertz CT molecular complexity index is 527. The van der Waals surface area contributed by atoms with Gasteiger partial charge in [-0.25, -0.2) is 4.79 Å². The van der Waals surface area contributed by atoms with Crippen LogP contribution in [0.1, 0.15) is 19.4 Å². The van der Waals surface area contributed by atoms with E-state index in [2.05, 4.69) is 0 Å². The molecule has 0 aliphatic carbocycles. The Balaban J connectivity index is 2.30. The molecule has 5 heteroatoms. The van der Waals surface area contributed by atoms with Crippen LogP contribution in [0.3, 0.4) is 0 Å². The quantitative estimate of drug-likeness (QED) is 0.630. The number of carbonyl (C=O) groups is 2. The van der Waals surface area contributed by atoms with Crippen LogP contribution in [0.15, 0.2) is 29.8 Å². The zero-order valence-corrected chi connectivity index (χ0v) is 9.97. The maximum atomic E-state index is 11.5. The summed E-state index contributed by atoms with van der Waals surface area (Å²) in [5.41, 5.74) is 1.43. The number of esters is 2. The first-order valence-electron chi connectivity index (χ1n) is 5.37. The van der Waals surface area contributed by atoms with Crippen molar-refractivity contribution in [1.29, 1.82) is 0 Å². The van der Waals surface area contributed by atoms with E-state index in [1.165, 1.54) is 6.92 Å². The molecule has 0 aromatic heterocycles. The fourth-order valence-electron chi connectivity index (χ4n) is 1.73. The summed E-state index contributed by atoms with van der Waals surface area (Å²) < 4.78 is 9.58. The largest absolute Gasteiger partial charge is 0.428 e. The lowest BCUT2D eigenvalue weighted by atomic mass is 10.0. The summed E-state index contributed by atoms with van der Waals surface area (Å²) in [7, 11) is 0. The van der Waals surface area contributed by atoms with Crippen molar-refractivity contribution < 1.29 is 24.2 Å². The molecule has 1 aromatic rings. The van der Waals surface area contributed by atoms with Crippen molar-refractivity contribution in [2.24, 2.45) is 0 Å². The Hall–Kier alpha value is -2.14. The van der Waals surface area contributed by atoms with Gasteiger partial charge in [0.25, 0.3) is 0 Å². The highest BCUT2D eigenvalue weighted by Crippen LogP contribution is 2.30. The Kier molecular flexibility index (Phi) is 3.16. The number of aliphatic hydroxyl groups is 1. The molecule has 1 atom stereocenters. The van der Waals surface area contributed by atoms with Crippen molar-refractivity contribution >= 4 is 17.5 Å². The molecule has 1 aromatic carbocycles. The molecule has 0 saturated carbocycles. The van der Waals surface area contributed by atoms with Crippen LogP contribution in [-0.4, -0.2) is 23.3 Å². The zero-order valence-electron chi connectivity index (χ0n) is 9.97. The van der Waals surface area contributed by atoms with E-state index in [9.17, 15) is 14.7 Å². The van der Waals surface area contributed by atoms with Gasteiger partial charge in [-0.2, -0.15) is 0 Å². The van der Waals surface area contributed by atoms with Gasteiger partial charge in [0.15, 0.2) is 0 Å². The summed E-state index contributed by atoms with van der Waals surface area (Å²) in [5, 5.41) is 9.40.